The Bertz CT molecular complexity index is 743. The number of aryl methyl sites for hydroxylation is 1. The van der Waals surface area contributed by atoms with Gasteiger partial charge in [-0.05, 0) is 62.1 Å². The summed E-state index contributed by atoms with van der Waals surface area (Å²) < 4.78 is 18.9. The van der Waals surface area contributed by atoms with Crippen LogP contribution in [0.2, 0.25) is 0 Å². The van der Waals surface area contributed by atoms with Crippen LogP contribution in [0.1, 0.15) is 34.5 Å². The zero-order chi connectivity index (χ0) is 18.5. The summed E-state index contributed by atoms with van der Waals surface area (Å²) in [6.07, 6.45) is 2.84. The van der Waals surface area contributed by atoms with E-state index in [4.69, 9.17) is 10.5 Å². The largest absolute Gasteiger partial charge is 0.378 e. The van der Waals surface area contributed by atoms with Gasteiger partial charge in [0.2, 0.25) is 0 Å². The summed E-state index contributed by atoms with van der Waals surface area (Å²) in [7, 11) is 0. The van der Waals surface area contributed by atoms with E-state index in [1.165, 1.54) is 23.5 Å². The number of rotatable bonds is 6. The fourth-order valence-electron chi connectivity index (χ4n) is 3.19. The van der Waals surface area contributed by atoms with Gasteiger partial charge >= 0.3 is 0 Å². The lowest BCUT2D eigenvalue weighted by atomic mass is 10.1. The van der Waals surface area contributed by atoms with Crippen LogP contribution in [0, 0.1) is 12.7 Å². The molecule has 0 spiro atoms. The number of amides is 1. The number of hydrogen-bond donors (Lipinski definition) is 1. The maximum absolute atomic E-state index is 13.1. The molecule has 1 saturated heterocycles. The van der Waals surface area contributed by atoms with Gasteiger partial charge in [-0.2, -0.15) is 0 Å². The van der Waals surface area contributed by atoms with Crippen LogP contribution in [0.4, 0.5) is 4.39 Å². The summed E-state index contributed by atoms with van der Waals surface area (Å²) in [5, 5.41) is 0. The highest BCUT2D eigenvalue weighted by atomic mass is 35.5. The van der Waals surface area contributed by atoms with E-state index in [2.05, 4.69) is 0 Å². The molecule has 4 nitrogen and oxygen atoms in total. The zero-order valence-electron chi connectivity index (χ0n) is 15.4. The third-order valence-corrected chi connectivity index (χ3v) is 5.94. The van der Waals surface area contributed by atoms with Crippen molar-refractivity contribution in [1.82, 2.24) is 4.90 Å². The van der Waals surface area contributed by atoms with Gasteiger partial charge in [0.25, 0.3) is 5.91 Å². The SMILES string of the molecule is Cc1cc(C(=O)N2CCC(OCCCN)CC2)sc1-c1ccc(F)cc1.Cl. The molecular weight excluding hydrogens is 387 g/mol. The molecule has 27 heavy (non-hydrogen) atoms. The quantitative estimate of drug-likeness (QED) is 0.721. The lowest BCUT2D eigenvalue weighted by Gasteiger charge is -2.31. The minimum atomic E-state index is -0.254. The number of nitrogens with zero attached hydrogens (tertiary/aromatic N) is 1. The molecular formula is C20H26ClFN2O2S. The van der Waals surface area contributed by atoms with Gasteiger partial charge in [0, 0.05) is 24.6 Å². The maximum Gasteiger partial charge on any atom is 0.263 e. The minimum Gasteiger partial charge on any atom is -0.378 e. The van der Waals surface area contributed by atoms with Crippen molar-refractivity contribution in [2.45, 2.75) is 32.3 Å². The Balaban J connectivity index is 0.00000261. The highest BCUT2D eigenvalue weighted by molar-refractivity contribution is 7.17. The third kappa shape index (κ3) is 5.51. The van der Waals surface area contributed by atoms with Crippen LogP contribution in [0.3, 0.4) is 0 Å². The van der Waals surface area contributed by atoms with Gasteiger partial charge in [0.05, 0.1) is 11.0 Å². The first-order valence-electron chi connectivity index (χ1n) is 9.06. The van der Waals surface area contributed by atoms with E-state index >= 15 is 0 Å². The molecule has 0 bridgehead atoms. The Morgan fingerprint density at radius 3 is 2.59 bits per heavy atom. The molecule has 2 aromatic rings. The number of ether oxygens (including phenoxy) is 1. The lowest BCUT2D eigenvalue weighted by Crippen LogP contribution is -2.40. The monoisotopic (exact) mass is 412 g/mol. The normalized spacial score (nSPS) is 14.9. The molecule has 0 radical (unpaired) electrons. The van der Waals surface area contributed by atoms with Gasteiger partial charge in [-0.1, -0.05) is 12.1 Å². The Labute approximate surface area is 169 Å². The van der Waals surface area contributed by atoms with Gasteiger partial charge in [0.15, 0.2) is 0 Å². The molecule has 7 heteroatoms. The van der Waals surface area contributed by atoms with E-state index in [1.54, 1.807) is 12.1 Å². The molecule has 148 valence electrons. The Morgan fingerprint density at radius 1 is 1.30 bits per heavy atom. The molecule has 0 unspecified atom stereocenters. The second kappa shape index (κ2) is 10.2. The van der Waals surface area contributed by atoms with Crippen molar-refractivity contribution < 1.29 is 13.9 Å². The van der Waals surface area contributed by atoms with Crippen LogP contribution < -0.4 is 5.73 Å². The van der Waals surface area contributed by atoms with Crippen LogP contribution in [0.5, 0.6) is 0 Å². The predicted octanol–water partition coefficient (Wildman–Crippen LogP) is 4.25. The first-order chi connectivity index (χ1) is 12.6. The van der Waals surface area contributed by atoms with Crippen LogP contribution in [0.15, 0.2) is 30.3 Å². The van der Waals surface area contributed by atoms with Crippen molar-refractivity contribution in [2.24, 2.45) is 5.73 Å². The number of nitrogens with two attached hydrogens (primary N) is 1. The van der Waals surface area contributed by atoms with Crippen LogP contribution in [-0.2, 0) is 4.74 Å². The van der Waals surface area contributed by atoms with E-state index in [9.17, 15) is 9.18 Å². The maximum atomic E-state index is 13.1. The van der Waals surface area contributed by atoms with Gasteiger partial charge in [0.1, 0.15) is 5.82 Å². The van der Waals surface area contributed by atoms with Crippen molar-refractivity contribution in [3.05, 3.63) is 46.6 Å². The molecule has 3 rings (SSSR count). The van der Waals surface area contributed by atoms with E-state index in [-0.39, 0.29) is 30.2 Å². The Hall–Kier alpha value is -1.47. The second-order valence-corrected chi connectivity index (χ2v) is 7.69. The van der Waals surface area contributed by atoms with Crippen LogP contribution in [0.25, 0.3) is 10.4 Å². The Kier molecular flexibility index (Phi) is 8.23. The summed E-state index contributed by atoms with van der Waals surface area (Å²) in [6, 6.07) is 8.35. The summed E-state index contributed by atoms with van der Waals surface area (Å²) in [6.45, 7) is 4.76. The molecule has 1 aliphatic rings. The number of carbonyl (C=O) groups is 1. The fraction of sp³-hybridized carbons (Fsp3) is 0.450. The number of carbonyl (C=O) groups excluding carboxylic acids is 1. The lowest BCUT2D eigenvalue weighted by molar-refractivity contribution is 0.00857. The first-order valence-corrected chi connectivity index (χ1v) is 9.87. The molecule has 1 amide bonds. The molecule has 1 aromatic carbocycles. The average Bonchev–Trinajstić information content (AvgIpc) is 3.04. The van der Waals surface area contributed by atoms with Gasteiger partial charge < -0.3 is 15.4 Å². The molecule has 0 saturated carbocycles. The first kappa shape index (κ1) is 21.8. The van der Waals surface area contributed by atoms with E-state index in [0.717, 1.165) is 53.2 Å². The molecule has 1 aromatic heterocycles. The van der Waals surface area contributed by atoms with E-state index in [1.807, 2.05) is 17.9 Å². The smallest absolute Gasteiger partial charge is 0.263 e. The summed E-state index contributed by atoms with van der Waals surface area (Å²) in [4.78, 5) is 16.5. The summed E-state index contributed by atoms with van der Waals surface area (Å²) in [5.74, 6) is -0.178. The fourth-order valence-corrected chi connectivity index (χ4v) is 4.34. The summed E-state index contributed by atoms with van der Waals surface area (Å²) >= 11 is 1.48. The van der Waals surface area contributed by atoms with Gasteiger partial charge in [-0.15, -0.1) is 23.7 Å². The van der Waals surface area contributed by atoms with Gasteiger partial charge in [-0.3, -0.25) is 4.79 Å². The third-order valence-electron chi connectivity index (χ3n) is 4.67. The van der Waals surface area contributed by atoms with Crippen molar-refractivity contribution in [3.63, 3.8) is 0 Å². The average molecular weight is 413 g/mol. The topological polar surface area (TPSA) is 55.6 Å². The second-order valence-electron chi connectivity index (χ2n) is 6.63. The zero-order valence-corrected chi connectivity index (χ0v) is 17.1. The number of benzene rings is 1. The van der Waals surface area contributed by atoms with Crippen LogP contribution >= 0.6 is 23.7 Å². The number of hydrogen-bond acceptors (Lipinski definition) is 4. The van der Waals surface area contributed by atoms with E-state index < -0.39 is 0 Å². The Morgan fingerprint density at radius 2 is 1.96 bits per heavy atom. The predicted molar refractivity (Wildman–Crippen MR) is 110 cm³/mol. The molecule has 1 aliphatic heterocycles. The van der Waals surface area contributed by atoms with Crippen molar-refractivity contribution in [3.8, 4) is 10.4 Å². The number of likely N-dealkylation sites (tertiary alicyclic amines) is 1. The summed E-state index contributed by atoms with van der Waals surface area (Å²) in [5.41, 5.74) is 7.47. The number of halogens is 2. The molecule has 0 atom stereocenters. The van der Waals surface area contributed by atoms with Crippen molar-refractivity contribution in [2.75, 3.05) is 26.2 Å². The molecule has 2 heterocycles. The minimum absolute atomic E-state index is 0. The van der Waals surface area contributed by atoms with Crippen LogP contribution in [-0.4, -0.2) is 43.2 Å². The van der Waals surface area contributed by atoms with Gasteiger partial charge in [-0.25, -0.2) is 4.39 Å². The van der Waals surface area contributed by atoms with E-state index in [0.29, 0.717) is 13.2 Å². The van der Waals surface area contributed by atoms with Crippen molar-refractivity contribution in [1.29, 1.82) is 0 Å². The number of piperidine rings is 1. The highest BCUT2D eigenvalue weighted by Crippen LogP contribution is 2.33. The number of thiophene rings is 1. The molecule has 1 fully saturated rings. The van der Waals surface area contributed by atoms with Crippen molar-refractivity contribution >= 4 is 29.7 Å². The molecule has 2 N–H and O–H groups in total. The standard InChI is InChI=1S/C20H25FN2O2S.ClH/c1-14-13-18(26-19(14)15-3-5-16(21)6-4-15)20(24)23-10-7-17(8-11-23)25-12-2-9-22;/h3-6,13,17H,2,7-12,22H2,1H3;1H. The molecule has 0 aliphatic carbocycles. The highest BCUT2D eigenvalue weighted by Gasteiger charge is 2.25.